The standard InChI is InChI=1S/C8H15NO3/c1-11-8(10)6-9-7-4-2-3-5-12-7/h7,9H,2-6H2,1H3. The van der Waals surface area contributed by atoms with Crippen molar-refractivity contribution in [1.29, 1.82) is 0 Å². The third kappa shape index (κ3) is 3.19. The summed E-state index contributed by atoms with van der Waals surface area (Å²) in [6, 6.07) is 0. The lowest BCUT2D eigenvalue weighted by Crippen LogP contribution is -2.38. The molecule has 0 aliphatic carbocycles. The summed E-state index contributed by atoms with van der Waals surface area (Å²) >= 11 is 0. The van der Waals surface area contributed by atoms with Crippen LogP contribution in [0.2, 0.25) is 0 Å². The maximum atomic E-state index is 10.7. The van der Waals surface area contributed by atoms with E-state index in [0.717, 1.165) is 19.4 Å². The maximum Gasteiger partial charge on any atom is 0.319 e. The number of hydrogen-bond acceptors (Lipinski definition) is 4. The predicted molar refractivity (Wildman–Crippen MR) is 43.6 cm³/mol. The van der Waals surface area contributed by atoms with E-state index in [4.69, 9.17) is 4.74 Å². The Morgan fingerprint density at radius 3 is 3.08 bits per heavy atom. The van der Waals surface area contributed by atoms with Crippen LogP contribution >= 0.6 is 0 Å². The Hall–Kier alpha value is -0.610. The molecule has 1 unspecified atom stereocenters. The smallest absolute Gasteiger partial charge is 0.319 e. The van der Waals surface area contributed by atoms with E-state index in [9.17, 15) is 4.79 Å². The molecular weight excluding hydrogens is 158 g/mol. The molecule has 4 heteroatoms. The summed E-state index contributed by atoms with van der Waals surface area (Å²) in [5, 5.41) is 2.98. The normalized spacial score (nSPS) is 23.6. The summed E-state index contributed by atoms with van der Waals surface area (Å²) in [5.74, 6) is -0.246. The average molecular weight is 173 g/mol. The minimum absolute atomic E-state index is 0.0397. The van der Waals surface area contributed by atoms with E-state index in [1.54, 1.807) is 0 Å². The molecule has 1 fully saturated rings. The van der Waals surface area contributed by atoms with Crippen LogP contribution in [0.4, 0.5) is 0 Å². The highest BCUT2D eigenvalue weighted by molar-refractivity contribution is 5.71. The van der Waals surface area contributed by atoms with Gasteiger partial charge in [-0.05, 0) is 19.3 Å². The van der Waals surface area contributed by atoms with Crippen molar-refractivity contribution < 1.29 is 14.3 Å². The van der Waals surface area contributed by atoms with E-state index in [1.165, 1.54) is 13.5 Å². The first-order valence-electron chi connectivity index (χ1n) is 4.24. The zero-order valence-electron chi connectivity index (χ0n) is 7.34. The molecule has 12 heavy (non-hydrogen) atoms. The second-order valence-electron chi connectivity index (χ2n) is 2.81. The van der Waals surface area contributed by atoms with Crippen molar-refractivity contribution in [2.45, 2.75) is 25.5 Å². The predicted octanol–water partition coefficient (Wildman–Crippen LogP) is 0.276. The highest BCUT2D eigenvalue weighted by Gasteiger charge is 2.13. The molecule has 4 nitrogen and oxygen atoms in total. The Morgan fingerprint density at radius 1 is 1.67 bits per heavy atom. The molecule has 0 spiro atoms. The molecule has 0 aromatic rings. The number of carbonyl (C=O) groups excluding carboxylic acids is 1. The van der Waals surface area contributed by atoms with Crippen LogP contribution in [0.25, 0.3) is 0 Å². The van der Waals surface area contributed by atoms with Gasteiger partial charge >= 0.3 is 5.97 Å². The molecule has 1 heterocycles. The highest BCUT2D eigenvalue weighted by atomic mass is 16.5. The number of methoxy groups -OCH3 is 1. The second kappa shape index (κ2) is 5.11. The largest absolute Gasteiger partial charge is 0.468 e. The van der Waals surface area contributed by atoms with Crippen molar-refractivity contribution in [2.75, 3.05) is 20.3 Å². The summed E-state index contributed by atoms with van der Waals surface area (Å²) in [6.45, 7) is 1.03. The Balaban J connectivity index is 2.09. The molecule has 1 rings (SSSR count). The van der Waals surface area contributed by atoms with Gasteiger partial charge in [0.05, 0.1) is 13.7 Å². The maximum absolute atomic E-state index is 10.7. The number of hydrogen-bond donors (Lipinski definition) is 1. The van der Waals surface area contributed by atoms with Crippen molar-refractivity contribution in [3.63, 3.8) is 0 Å². The Bertz CT molecular complexity index is 143. The number of rotatable bonds is 3. The van der Waals surface area contributed by atoms with Crippen LogP contribution < -0.4 is 5.32 Å². The van der Waals surface area contributed by atoms with Crippen LogP contribution in [0.3, 0.4) is 0 Å². The van der Waals surface area contributed by atoms with Crippen molar-refractivity contribution in [2.24, 2.45) is 0 Å². The zero-order chi connectivity index (χ0) is 8.81. The van der Waals surface area contributed by atoms with E-state index in [2.05, 4.69) is 10.1 Å². The van der Waals surface area contributed by atoms with E-state index in [-0.39, 0.29) is 18.7 Å². The summed E-state index contributed by atoms with van der Waals surface area (Å²) in [7, 11) is 1.38. The lowest BCUT2D eigenvalue weighted by Gasteiger charge is -2.22. The van der Waals surface area contributed by atoms with E-state index < -0.39 is 0 Å². The minimum Gasteiger partial charge on any atom is -0.468 e. The Kier molecular flexibility index (Phi) is 4.04. The van der Waals surface area contributed by atoms with Crippen molar-refractivity contribution in [1.82, 2.24) is 5.32 Å². The van der Waals surface area contributed by atoms with Gasteiger partial charge in [0.15, 0.2) is 0 Å². The molecule has 0 bridgehead atoms. The van der Waals surface area contributed by atoms with E-state index in [0.29, 0.717) is 0 Å². The molecule has 70 valence electrons. The van der Waals surface area contributed by atoms with Gasteiger partial charge in [-0.1, -0.05) is 0 Å². The Morgan fingerprint density at radius 2 is 2.50 bits per heavy atom. The van der Waals surface area contributed by atoms with Gasteiger partial charge in [-0.3, -0.25) is 10.1 Å². The molecule has 0 saturated carbocycles. The minimum atomic E-state index is -0.246. The fourth-order valence-electron chi connectivity index (χ4n) is 1.17. The monoisotopic (exact) mass is 173 g/mol. The van der Waals surface area contributed by atoms with Crippen LogP contribution in [0.5, 0.6) is 0 Å². The van der Waals surface area contributed by atoms with Crippen molar-refractivity contribution in [3.05, 3.63) is 0 Å². The molecular formula is C8H15NO3. The summed E-state index contributed by atoms with van der Waals surface area (Å²) in [6.07, 6.45) is 3.31. The van der Waals surface area contributed by atoms with Gasteiger partial charge in [0, 0.05) is 6.61 Å². The third-order valence-corrected chi connectivity index (χ3v) is 1.88. The molecule has 0 radical (unpaired) electrons. The van der Waals surface area contributed by atoms with Gasteiger partial charge in [-0.15, -0.1) is 0 Å². The average Bonchev–Trinajstić information content (AvgIpc) is 2.16. The quantitative estimate of drug-likeness (QED) is 0.622. The van der Waals surface area contributed by atoms with Crippen LogP contribution in [-0.2, 0) is 14.3 Å². The molecule has 0 amide bonds. The number of carbonyl (C=O) groups is 1. The second-order valence-corrected chi connectivity index (χ2v) is 2.81. The van der Waals surface area contributed by atoms with E-state index in [1.807, 2.05) is 0 Å². The fourth-order valence-corrected chi connectivity index (χ4v) is 1.17. The number of nitrogens with one attached hydrogen (secondary N) is 1. The van der Waals surface area contributed by atoms with Gasteiger partial charge in [0.25, 0.3) is 0 Å². The van der Waals surface area contributed by atoms with Gasteiger partial charge in [-0.25, -0.2) is 0 Å². The summed E-state index contributed by atoms with van der Waals surface area (Å²) in [4.78, 5) is 10.7. The lowest BCUT2D eigenvalue weighted by molar-refractivity contribution is -0.140. The molecule has 1 saturated heterocycles. The van der Waals surface area contributed by atoms with Gasteiger partial charge in [-0.2, -0.15) is 0 Å². The molecule has 1 N–H and O–H groups in total. The van der Waals surface area contributed by atoms with Gasteiger partial charge in [0.2, 0.25) is 0 Å². The molecule has 1 aliphatic rings. The molecule has 1 aliphatic heterocycles. The number of ether oxygens (including phenoxy) is 2. The Labute approximate surface area is 72.2 Å². The fraction of sp³-hybridized carbons (Fsp3) is 0.875. The highest BCUT2D eigenvalue weighted by Crippen LogP contribution is 2.09. The first kappa shape index (κ1) is 9.48. The molecule has 1 atom stereocenters. The van der Waals surface area contributed by atoms with E-state index >= 15 is 0 Å². The van der Waals surface area contributed by atoms with Crippen molar-refractivity contribution >= 4 is 5.97 Å². The van der Waals surface area contributed by atoms with Crippen LogP contribution in [0, 0.1) is 0 Å². The third-order valence-electron chi connectivity index (χ3n) is 1.88. The molecule has 0 aromatic heterocycles. The topological polar surface area (TPSA) is 47.6 Å². The lowest BCUT2D eigenvalue weighted by atomic mass is 10.2. The van der Waals surface area contributed by atoms with Gasteiger partial charge in [0.1, 0.15) is 6.23 Å². The zero-order valence-corrected chi connectivity index (χ0v) is 7.34. The number of esters is 1. The first-order chi connectivity index (χ1) is 5.83. The van der Waals surface area contributed by atoms with Crippen molar-refractivity contribution in [3.8, 4) is 0 Å². The van der Waals surface area contributed by atoms with Crippen LogP contribution in [0.1, 0.15) is 19.3 Å². The summed E-state index contributed by atoms with van der Waals surface area (Å²) in [5.41, 5.74) is 0. The van der Waals surface area contributed by atoms with Gasteiger partial charge < -0.3 is 9.47 Å². The molecule has 0 aromatic carbocycles. The van der Waals surface area contributed by atoms with Crippen LogP contribution in [-0.4, -0.2) is 32.5 Å². The summed E-state index contributed by atoms with van der Waals surface area (Å²) < 4.78 is 9.84. The SMILES string of the molecule is COC(=O)CNC1CCCCO1. The van der Waals surface area contributed by atoms with Crippen LogP contribution in [0.15, 0.2) is 0 Å². The first-order valence-corrected chi connectivity index (χ1v) is 4.24.